The summed E-state index contributed by atoms with van der Waals surface area (Å²) in [6.07, 6.45) is 9.75. The Morgan fingerprint density at radius 1 is 1.10 bits per heavy atom. The lowest BCUT2D eigenvalue weighted by Gasteiger charge is -2.56. The molecule has 5 aliphatic rings. The van der Waals surface area contributed by atoms with Gasteiger partial charge in [-0.05, 0) is 81.3 Å². The van der Waals surface area contributed by atoms with E-state index in [9.17, 15) is 4.79 Å². The van der Waals surface area contributed by atoms with Gasteiger partial charge in [0.2, 0.25) is 0 Å². The third kappa shape index (κ3) is 3.80. The minimum absolute atomic E-state index is 0.0395. The number of aromatic nitrogens is 3. The van der Waals surface area contributed by atoms with Gasteiger partial charge in [0.25, 0.3) is 0 Å². The Bertz CT molecular complexity index is 967. The average Bonchev–Trinajstić information content (AvgIpc) is 3.50. The largest absolute Gasteiger partial charge is 0.484 e. The molecule has 164 valence electrons. The fourth-order valence-electron chi connectivity index (χ4n) is 6.64. The van der Waals surface area contributed by atoms with Gasteiger partial charge in [0.1, 0.15) is 18.1 Å². The van der Waals surface area contributed by atoms with Crippen LogP contribution in [0.15, 0.2) is 29.4 Å². The molecule has 0 saturated heterocycles. The quantitative estimate of drug-likeness (QED) is 0.474. The minimum atomic E-state index is -0.0395. The molecule has 7 heteroatoms. The van der Waals surface area contributed by atoms with E-state index in [0.717, 1.165) is 60.8 Å². The Kier molecular flexibility index (Phi) is 5.06. The molecule has 4 bridgehead atoms. The van der Waals surface area contributed by atoms with Crippen molar-refractivity contribution in [3.63, 3.8) is 0 Å². The number of ketones is 1. The molecule has 1 aromatic heterocycles. The molecule has 5 saturated carbocycles. The van der Waals surface area contributed by atoms with Crippen molar-refractivity contribution < 1.29 is 9.53 Å². The Morgan fingerprint density at radius 2 is 1.77 bits per heavy atom. The highest BCUT2D eigenvalue weighted by Gasteiger charge is 2.54. The molecular weight excluding hydrogens is 430 g/mol. The Labute approximate surface area is 192 Å². The van der Waals surface area contributed by atoms with Crippen molar-refractivity contribution in [3.05, 3.63) is 35.1 Å². The van der Waals surface area contributed by atoms with E-state index in [0.29, 0.717) is 35.0 Å². The molecule has 0 N–H and O–H groups in total. The maximum atomic E-state index is 13.4. The first-order chi connectivity index (χ1) is 15.1. The molecule has 2 aromatic rings. The van der Waals surface area contributed by atoms with Crippen LogP contribution in [0.25, 0.3) is 0 Å². The normalized spacial score (nSPS) is 31.2. The highest BCUT2D eigenvalue weighted by Crippen LogP contribution is 2.60. The monoisotopic (exact) mass is 457 g/mol. The van der Waals surface area contributed by atoms with Gasteiger partial charge in [-0.3, -0.25) is 9.36 Å². The van der Waals surface area contributed by atoms with Gasteiger partial charge < -0.3 is 4.74 Å². The first-order valence-corrected chi connectivity index (χ1v) is 12.9. The van der Waals surface area contributed by atoms with E-state index in [4.69, 9.17) is 16.3 Å². The number of hydrogen-bond donors (Lipinski definition) is 0. The van der Waals surface area contributed by atoms with Crippen molar-refractivity contribution in [2.45, 2.75) is 69.2 Å². The smallest absolute Gasteiger partial charge is 0.192 e. The van der Waals surface area contributed by atoms with Gasteiger partial charge in [0, 0.05) is 11.5 Å². The summed E-state index contributed by atoms with van der Waals surface area (Å²) in [6.45, 7) is 0.330. The molecule has 0 aliphatic heterocycles. The molecule has 5 aliphatic carbocycles. The highest BCUT2D eigenvalue weighted by atomic mass is 35.5. The standard InChI is InChI=1S/C24H28ClN3O2S/c25-19-3-1-2-4-20(19)30-13-22-26-27-23(28(22)18-5-6-18)31-14-21(29)24-10-15-7-16(11-24)9-17(8-15)12-24/h1-4,15-18H,5-14H2. The summed E-state index contributed by atoms with van der Waals surface area (Å²) < 4.78 is 8.10. The highest BCUT2D eigenvalue weighted by molar-refractivity contribution is 7.99. The van der Waals surface area contributed by atoms with Gasteiger partial charge in [-0.2, -0.15) is 0 Å². The zero-order valence-electron chi connectivity index (χ0n) is 17.6. The summed E-state index contributed by atoms with van der Waals surface area (Å²) in [4.78, 5) is 13.4. The third-order valence-electron chi connectivity index (χ3n) is 7.80. The van der Waals surface area contributed by atoms with Crippen LogP contribution in [0.2, 0.25) is 5.02 Å². The molecule has 7 rings (SSSR count). The maximum absolute atomic E-state index is 13.4. The lowest BCUT2D eigenvalue weighted by molar-refractivity contribution is -0.141. The van der Waals surface area contributed by atoms with Crippen LogP contribution in [-0.4, -0.2) is 26.3 Å². The van der Waals surface area contributed by atoms with Crippen LogP contribution < -0.4 is 4.74 Å². The fraction of sp³-hybridized carbons (Fsp3) is 0.625. The van der Waals surface area contributed by atoms with Crippen LogP contribution in [0.5, 0.6) is 5.75 Å². The molecular formula is C24H28ClN3O2S. The molecule has 0 unspecified atom stereocenters. The van der Waals surface area contributed by atoms with E-state index in [1.54, 1.807) is 11.8 Å². The summed E-state index contributed by atoms with van der Waals surface area (Å²) in [5.74, 6) is 4.82. The SMILES string of the molecule is O=C(CSc1nnc(COc2ccccc2Cl)n1C1CC1)C12CC3CC(CC(C3)C1)C2. The molecule has 31 heavy (non-hydrogen) atoms. The third-order valence-corrected chi connectivity index (χ3v) is 9.06. The van der Waals surface area contributed by atoms with Crippen LogP contribution in [0, 0.1) is 23.2 Å². The fourth-order valence-corrected chi connectivity index (χ4v) is 7.89. The number of Topliss-reactive ketones (excluding diaryl/α,β-unsaturated/α-hetero) is 1. The number of ether oxygens (including phenoxy) is 1. The summed E-state index contributed by atoms with van der Waals surface area (Å²) in [7, 11) is 0. The summed E-state index contributed by atoms with van der Waals surface area (Å²) in [6, 6.07) is 7.90. The number of halogens is 1. The van der Waals surface area contributed by atoms with Crippen molar-refractivity contribution in [2.24, 2.45) is 23.2 Å². The van der Waals surface area contributed by atoms with Crippen molar-refractivity contribution in [2.75, 3.05) is 5.75 Å². The second-order valence-corrected chi connectivity index (χ2v) is 11.5. The molecule has 0 atom stereocenters. The molecule has 1 heterocycles. The lowest BCUT2D eigenvalue weighted by atomic mass is 9.48. The summed E-state index contributed by atoms with van der Waals surface area (Å²) in [5.41, 5.74) is -0.0395. The van der Waals surface area contributed by atoms with Crippen LogP contribution in [0.3, 0.4) is 0 Å². The zero-order valence-corrected chi connectivity index (χ0v) is 19.2. The number of thioether (sulfide) groups is 1. The first-order valence-electron chi connectivity index (χ1n) is 11.6. The molecule has 1 aromatic carbocycles. The lowest BCUT2D eigenvalue weighted by Crippen LogP contribution is -2.50. The Morgan fingerprint density at radius 3 is 2.42 bits per heavy atom. The van der Waals surface area contributed by atoms with Crippen LogP contribution in [0.4, 0.5) is 0 Å². The molecule has 0 radical (unpaired) electrons. The number of nitrogens with zero attached hydrogens (tertiary/aromatic N) is 3. The minimum Gasteiger partial charge on any atom is -0.484 e. The van der Waals surface area contributed by atoms with E-state index in [2.05, 4.69) is 14.8 Å². The average molecular weight is 458 g/mol. The number of carbonyl (C=O) groups excluding carboxylic acids is 1. The van der Waals surface area contributed by atoms with Crippen LogP contribution in [0.1, 0.15) is 63.2 Å². The van der Waals surface area contributed by atoms with E-state index in [-0.39, 0.29) is 5.41 Å². The number of benzene rings is 1. The van der Waals surface area contributed by atoms with Gasteiger partial charge in [-0.15, -0.1) is 10.2 Å². The van der Waals surface area contributed by atoms with Crippen LogP contribution in [-0.2, 0) is 11.4 Å². The number of para-hydroxylation sites is 1. The second kappa shape index (κ2) is 7.80. The zero-order chi connectivity index (χ0) is 21.0. The Hall–Kier alpha value is -1.53. The molecule has 5 nitrogen and oxygen atoms in total. The van der Waals surface area contributed by atoms with E-state index < -0.39 is 0 Å². The molecule has 5 fully saturated rings. The van der Waals surface area contributed by atoms with Crippen LogP contribution >= 0.6 is 23.4 Å². The van der Waals surface area contributed by atoms with Crippen molar-refractivity contribution in [3.8, 4) is 5.75 Å². The Balaban J connectivity index is 1.14. The van der Waals surface area contributed by atoms with Gasteiger partial charge in [-0.25, -0.2) is 0 Å². The number of rotatable bonds is 8. The predicted octanol–water partition coefficient (Wildman–Crippen LogP) is 5.72. The maximum Gasteiger partial charge on any atom is 0.192 e. The summed E-state index contributed by atoms with van der Waals surface area (Å²) in [5, 5.41) is 10.3. The second-order valence-electron chi connectivity index (χ2n) is 10.1. The van der Waals surface area contributed by atoms with Crippen molar-refractivity contribution in [1.82, 2.24) is 14.8 Å². The van der Waals surface area contributed by atoms with E-state index >= 15 is 0 Å². The molecule has 0 amide bonds. The number of carbonyl (C=O) groups is 1. The predicted molar refractivity (Wildman–Crippen MR) is 120 cm³/mol. The van der Waals surface area contributed by atoms with E-state index in [1.165, 1.54) is 19.3 Å². The molecule has 0 spiro atoms. The van der Waals surface area contributed by atoms with Crippen molar-refractivity contribution >= 4 is 29.1 Å². The van der Waals surface area contributed by atoms with Crippen molar-refractivity contribution in [1.29, 1.82) is 0 Å². The summed E-state index contributed by atoms with van der Waals surface area (Å²) >= 11 is 7.79. The van der Waals surface area contributed by atoms with Gasteiger partial charge >= 0.3 is 0 Å². The number of hydrogen-bond acceptors (Lipinski definition) is 5. The van der Waals surface area contributed by atoms with Gasteiger partial charge in [0.05, 0.1) is 10.8 Å². The van der Waals surface area contributed by atoms with E-state index in [1.807, 2.05) is 24.3 Å². The first kappa shape index (κ1) is 20.1. The topological polar surface area (TPSA) is 57.0 Å². The van der Waals surface area contributed by atoms with Gasteiger partial charge in [0.15, 0.2) is 11.0 Å². The van der Waals surface area contributed by atoms with Gasteiger partial charge in [-0.1, -0.05) is 35.5 Å².